The smallest absolute Gasteiger partial charge is 0.122 e. The maximum Gasteiger partial charge on any atom is 0.122 e. The molecular weight excluding hydrogens is 286 g/mol. The molecule has 0 unspecified atom stereocenters. The first kappa shape index (κ1) is 18.0. The summed E-state index contributed by atoms with van der Waals surface area (Å²) in [5.74, 6) is 1.86. The number of rotatable bonds is 9. The Kier molecular flexibility index (Phi) is 7.63. The molecule has 0 amide bonds. The molecule has 0 spiro atoms. The van der Waals surface area contributed by atoms with Crippen molar-refractivity contribution in [2.45, 2.75) is 33.1 Å². The van der Waals surface area contributed by atoms with Crippen molar-refractivity contribution in [2.75, 3.05) is 39.5 Å². The molecule has 1 aliphatic rings. The van der Waals surface area contributed by atoms with Crippen LogP contribution in [0.3, 0.4) is 0 Å². The molecule has 2 rings (SSSR count). The molecule has 128 valence electrons. The van der Waals surface area contributed by atoms with Gasteiger partial charge in [-0.2, -0.15) is 0 Å². The van der Waals surface area contributed by atoms with Gasteiger partial charge in [-0.1, -0.05) is 30.7 Å². The highest BCUT2D eigenvalue weighted by Gasteiger charge is 2.18. The number of hydrogen-bond donors (Lipinski definition) is 1. The molecule has 3 nitrogen and oxygen atoms in total. The van der Waals surface area contributed by atoms with Gasteiger partial charge in [0.05, 0.1) is 26.3 Å². The van der Waals surface area contributed by atoms with Crippen molar-refractivity contribution >= 4 is 0 Å². The van der Waals surface area contributed by atoms with Crippen LogP contribution in [0.4, 0.5) is 0 Å². The Bertz CT molecular complexity index is 479. The second-order valence-corrected chi connectivity index (χ2v) is 6.75. The second-order valence-electron chi connectivity index (χ2n) is 6.75. The summed E-state index contributed by atoms with van der Waals surface area (Å²) in [5.41, 5.74) is 2.45. The van der Waals surface area contributed by atoms with Gasteiger partial charge in [-0.15, -0.1) is 6.58 Å². The van der Waals surface area contributed by atoms with Crippen LogP contribution in [0.5, 0.6) is 5.75 Å². The maximum atomic E-state index is 5.87. The van der Waals surface area contributed by atoms with Crippen LogP contribution in [-0.2, 0) is 11.2 Å². The molecular formula is C20H32NO2+. The molecule has 1 N–H and O–H groups in total. The number of nitrogens with one attached hydrogen (secondary N) is 1. The van der Waals surface area contributed by atoms with Gasteiger partial charge in [-0.3, -0.25) is 0 Å². The van der Waals surface area contributed by atoms with Crippen LogP contribution in [-0.4, -0.2) is 39.5 Å². The number of allylic oxidation sites excluding steroid dienone is 1. The Morgan fingerprint density at radius 1 is 1.22 bits per heavy atom. The van der Waals surface area contributed by atoms with Gasteiger partial charge in [-0.05, 0) is 43.7 Å². The lowest BCUT2D eigenvalue weighted by atomic mass is 9.99. The minimum atomic E-state index is 0.611. The lowest BCUT2D eigenvalue weighted by Gasteiger charge is -2.27. The minimum Gasteiger partial charge on any atom is -0.491 e. The lowest BCUT2D eigenvalue weighted by molar-refractivity contribution is -0.906. The highest BCUT2D eigenvalue weighted by Crippen LogP contribution is 2.20. The fraction of sp³-hybridized carbons (Fsp3) is 0.600. The Morgan fingerprint density at radius 3 is 2.74 bits per heavy atom. The van der Waals surface area contributed by atoms with E-state index in [4.69, 9.17) is 9.47 Å². The Morgan fingerprint density at radius 2 is 2.00 bits per heavy atom. The van der Waals surface area contributed by atoms with Gasteiger partial charge >= 0.3 is 0 Å². The zero-order chi connectivity index (χ0) is 16.5. The van der Waals surface area contributed by atoms with E-state index in [0.29, 0.717) is 13.2 Å². The van der Waals surface area contributed by atoms with Crippen LogP contribution in [0.1, 0.15) is 30.9 Å². The Hall–Kier alpha value is -1.32. The summed E-state index contributed by atoms with van der Waals surface area (Å²) in [6.45, 7) is 14.1. The molecule has 1 aromatic carbocycles. The summed E-state index contributed by atoms with van der Waals surface area (Å²) in [4.78, 5) is 1.69. The van der Waals surface area contributed by atoms with E-state index in [1.54, 1.807) is 4.90 Å². The second kappa shape index (κ2) is 9.74. The van der Waals surface area contributed by atoms with Crippen molar-refractivity contribution in [3.8, 4) is 5.75 Å². The number of aryl methyl sites for hydroxylation is 1. The fourth-order valence-electron chi connectivity index (χ4n) is 3.11. The van der Waals surface area contributed by atoms with E-state index in [0.717, 1.165) is 31.2 Å². The average Bonchev–Trinajstić information content (AvgIpc) is 2.54. The summed E-state index contributed by atoms with van der Waals surface area (Å²) >= 11 is 0. The molecule has 23 heavy (non-hydrogen) atoms. The van der Waals surface area contributed by atoms with Gasteiger partial charge in [0.15, 0.2) is 0 Å². The fourth-order valence-corrected chi connectivity index (χ4v) is 3.11. The van der Waals surface area contributed by atoms with E-state index in [1.165, 1.54) is 37.1 Å². The molecule has 1 fully saturated rings. The van der Waals surface area contributed by atoms with Crippen molar-refractivity contribution in [1.82, 2.24) is 0 Å². The molecule has 0 radical (unpaired) electrons. The molecule has 1 aliphatic heterocycles. The van der Waals surface area contributed by atoms with Crippen LogP contribution >= 0.6 is 0 Å². The molecule has 0 atom stereocenters. The first-order valence-corrected chi connectivity index (χ1v) is 8.93. The molecule has 0 saturated carbocycles. The lowest BCUT2D eigenvalue weighted by Crippen LogP contribution is -3.13. The molecule has 3 heteroatoms. The largest absolute Gasteiger partial charge is 0.491 e. The zero-order valence-corrected chi connectivity index (χ0v) is 14.8. The predicted molar refractivity (Wildman–Crippen MR) is 95.4 cm³/mol. The Labute approximate surface area is 141 Å². The average molecular weight is 318 g/mol. The van der Waals surface area contributed by atoms with Crippen molar-refractivity contribution in [1.29, 1.82) is 0 Å². The van der Waals surface area contributed by atoms with Crippen LogP contribution in [0.2, 0.25) is 0 Å². The molecule has 0 bridgehead atoms. The van der Waals surface area contributed by atoms with Gasteiger partial charge < -0.3 is 14.4 Å². The number of likely N-dealkylation sites (tertiary alicyclic amines) is 1. The zero-order valence-electron chi connectivity index (χ0n) is 14.8. The Balaban J connectivity index is 1.61. The van der Waals surface area contributed by atoms with E-state index < -0.39 is 0 Å². The number of hydrogen-bond acceptors (Lipinski definition) is 2. The highest BCUT2D eigenvalue weighted by atomic mass is 16.5. The van der Waals surface area contributed by atoms with Gasteiger partial charge in [-0.25, -0.2) is 0 Å². The van der Waals surface area contributed by atoms with E-state index in [2.05, 4.69) is 32.6 Å². The highest BCUT2D eigenvalue weighted by molar-refractivity contribution is 5.38. The first-order valence-electron chi connectivity index (χ1n) is 8.93. The quantitative estimate of drug-likeness (QED) is 0.558. The SMILES string of the molecule is C=CCc1cc(C)ccc1OCCOCC[NH+]1CCC(C)CC1. The van der Waals surface area contributed by atoms with Crippen LogP contribution in [0.25, 0.3) is 0 Å². The monoisotopic (exact) mass is 318 g/mol. The van der Waals surface area contributed by atoms with E-state index >= 15 is 0 Å². The topological polar surface area (TPSA) is 22.9 Å². The van der Waals surface area contributed by atoms with Crippen LogP contribution in [0, 0.1) is 12.8 Å². The van der Waals surface area contributed by atoms with E-state index in [-0.39, 0.29) is 0 Å². The number of benzene rings is 1. The summed E-state index contributed by atoms with van der Waals surface area (Å²) < 4.78 is 11.6. The maximum absolute atomic E-state index is 5.87. The van der Waals surface area contributed by atoms with Crippen molar-refractivity contribution in [2.24, 2.45) is 5.92 Å². The van der Waals surface area contributed by atoms with E-state index in [1.807, 2.05) is 12.1 Å². The number of quaternary nitrogens is 1. The van der Waals surface area contributed by atoms with E-state index in [9.17, 15) is 0 Å². The molecule has 1 heterocycles. The number of ether oxygens (including phenoxy) is 2. The summed E-state index contributed by atoms with van der Waals surface area (Å²) in [6.07, 6.45) is 5.48. The normalized spacial score (nSPS) is 21.1. The molecule has 0 aliphatic carbocycles. The third-order valence-corrected chi connectivity index (χ3v) is 4.65. The van der Waals surface area contributed by atoms with Crippen LogP contribution < -0.4 is 9.64 Å². The molecule has 1 aromatic rings. The summed E-state index contributed by atoms with van der Waals surface area (Å²) in [7, 11) is 0. The van der Waals surface area contributed by atoms with Crippen molar-refractivity contribution < 1.29 is 14.4 Å². The van der Waals surface area contributed by atoms with Gasteiger partial charge in [0.25, 0.3) is 0 Å². The van der Waals surface area contributed by atoms with Gasteiger partial charge in [0, 0.05) is 0 Å². The number of piperidine rings is 1. The van der Waals surface area contributed by atoms with Crippen molar-refractivity contribution in [3.05, 3.63) is 42.0 Å². The first-order chi connectivity index (χ1) is 11.2. The third kappa shape index (κ3) is 6.36. The van der Waals surface area contributed by atoms with Crippen LogP contribution in [0.15, 0.2) is 30.9 Å². The molecule has 0 aromatic heterocycles. The summed E-state index contributed by atoms with van der Waals surface area (Å²) in [5, 5.41) is 0. The summed E-state index contributed by atoms with van der Waals surface area (Å²) in [6, 6.07) is 6.30. The van der Waals surface area contributed by atoms with Gasteiger partial charge in [0.1, 0.15) is 18.9 Å². The standard InChI is InChI=1S/C20H31NO2/c1-4-5-19-16-18(3)6-7-20(19)23-15-14-22-13-12-21-10-8-17(2)9-11-21/h4,6-7,16-17H,1,5,8-15H2,2-3H3/p+1. The minimum absolute atomic E-state index is 0.611. The van der Waals surface area contributed by atoms with Crippen molar-refractivity contribution in [3.63, 3.8) is 0 Å². The molecule has 1 saturated heterocycles. The predicted octanol–water partition coefficient (Wildman–Crippen LogP) is 2.43. The third-order valence-electron chi connectivity index (χ3n) is 4.65. The van der Waals surface area contributed by atoms with Gasteiger partial charge in [0.2, 0.25) is 0 Å².